The Morgan fingerprint density at radius 3 is 1.43 bits per heavy atom. The third-order valence-corrected chi connectivity index (χ3v) is 10.4. The number of aromatic amines is 3. The topological polar surface area (TPSA) is 227 Å². The summed E-state index contributed by atoms with van der Waals surface area (Å²) in [6, 6.07) is 16.4. The second-order valence-corrected chi connectivity index (χ2v) is 14.1. The number of imidazole rings is 3. The number of hydrogen-bond acceptors (Lipinski definition) is 9. The third kappa shape index (κ3) is 6.85. The average Bonchev–Trinajstić information content (AvgIpc) is 3.97. The number of hydrogen-bond donors (Lipinski definition) is 7. The highest BCUT2D eigenvalue weighted by Crippen LogP contribution is 2.56. The number of ketones is 2. The molecule has 3 atom stereocenters. The molecule has 3 aromatic carbocycles. The largest absolute Gasteiger partial charge is 0.348 e. The molecule has 13 heteroatoms. The minimum Gasteiger partial charge on any atom is -0.348 e. The van der Waals surface area contributed by atoms with Gasteiger partial charge in [-0.15, -0.1) is 0 Å². The number of nitrogens with zero attached hydrogens (tertiary/aromatic N) is 3. The summed E-state index contributed by atoms with van der Waals surface area (Å²) in [5.74, 6) is -0.721. The van der Waals surface area contributed by atoms with Crippen LogP contribution in [0, 0.1) is 0 Å². The number of amides is 1. The van der Waals surface area contributed by atoms with Crippen molar-refractivity contribution in [3.05, 3.63) is 154 Å². The van der Waals surface area contributed by atoms with Gasteiger partial charge in [0.05, 0.1) is 37.1 Å². The highest BCUT2D eigenvalue weighted by atomic mass is 16.2. The van der Waals surface area contributed by atoms with Gasteiger partial charge in [0.2, 0.25) is 5.91 Å². The van der Waals surface area contributed by atoms with E-state index in [0.29, 0.717) is 24.9 Å². The fraction of sp³-hybridized carbons (Fsp3) is 0.250. The van der Waals surface area contributed by atoms with Crippen molar-refractivity contribution in [3.8, 4) is 0 Å². The molecule has 0 fully saturated rings. The molecule has 2 bridgehead atoms. The quantitative estimate of drug-likeness (QED) is 0.0880. The molecule has 268 valence electrons. The number of nitrogens with two attached hydrogens (primary N) is 3. The van der Waals surface area contributed by atoms with Crippen LogP contribution in [0.3, 0.4) is 0 Å². The zero-order valence-corrected chi connectivity index (χ0v) is 28.9. The number of carbonyl (C=O) groups excluding carboxylic acids is 3. The zero-order chi connectivity index (χ0) is 36.6. The maximum Gasteiger partial charge on any atom is 0.241 e. The first-order valence-corrected chi connectivity index (χ1v) is 17.7. The van der Waals surface area contributed by atoms with E-state index < -0.39 is 18.1 Å². The number of nitrogens with one attached hydrogen (secondary N) is 4. The summed E-state index contributed by atoms with van der Waals surface area (Å²) in [5.41, 5.74) is 30.4. The van der Waals surface area contributed by atoms with Crippen LogP contribution in [0.1, 0.15) is 73.4 Å². The van der Waals surface area contributed by atoms with Crippen molar-refractivity contribution in [2.45, 2.75) is 62.1 Å². The van der Waals surface area contributed by atoms with Gasteiger partial charge in [0, 0.05) is 85.3 Å². The Labute approximate surface area is 305 Å². The maximum absolute atomic E-state index is 13.3. The van der Waals surface area contributed by atoms with Crippen LogP contribution in [-0.4, -0.2) is 65.5 Å². The summed E-state index contributed by atoms with van der Waals surface area (Å²) in [4.78, 5) is 60.9. The van der Waals surface area contributed by atoms with Crippen molar-refractivity contribution >= 4 is 23.2 Å². The van der Waals surface area contributed by atoms with Crippen molar-refractivity contribution in [2.24, 2.45) is 17.2 Å². The Kier molecular flexibility index (Phi) is 9.12. The van der Waals surface area contributed by atoms with Gasteiger partial charge in [0.1, 0.15) is 0 Å². The first-order valence-electron chi connectivity index (χ1n) is 17.7. The van der Waals surface area contributed by atoms with Crippen LogP contribution >= 0.6 is 0 Å². The van der Waals surface area contributed by atoms with E-state index >= 15 is 0 Å². The fourth-order valence-corrected chi connectivity index (χ4v) is 7.78. The van der Waals surface area contributed by atoms with E-state index in [4.69, 9.17) is 17.2 Å². The highest BCUT2D eigenvalue weighted by molar-refractivity contribution is 5.95. The Bertz CT molecular complexity index is 2030. The first-order chi connectivity index (χ1) is 25.7. The van der Waals surface area contributed by atoms with Crippen LogP contribution in [0.4, 0.5) is 5.69 Å². The number of anilines is 1. The van der Waals surface area contributed by atoms with E-state index in [-0.39, 0.29) is 42.2 Å². The van der Waals surface area contributed by atoms with Gasteiger partial charge in [0.25, 0.3) is 0 Å². The first kappa shape index (κ1) is 34.1. The summed E-state index contributed by atoms with van der Waals surface area (Å²) < 4.78 is 0. The minimum absolute atomic E-state index is 0.0648. The number of aromatic nitrogens is 6. The zero-order valence-electron chi connectivity index (χ0n) is 28.9. The fourth-order valence-electron chi connectivity index (χ4n) is 7.78. The van der Waals surface area contributed by atoms with Crippen molar-refractivity contribution < 1.29 is 14.4 Å². The molecule has 0 radical (unpaired) electrons. The van der Waals surface area contributed by atoms with Crippen LogP contribution in [0.2, 0.25) is 0 Å². The Balaban J connectivity index is 1.11. The standard InChI is InChI=1S/C40H40N10O3/c41-33(12-24-15-44-18-47-24)36(51)9-21-1-4-27-30(7-21)39-31-8-22(10-37(52)34(42)13-25-16-45-19-48-25)2-5-28(31)38(27)29-6-3-23(11-32(29)39)50-40(53)35(43)14-26-17-46-20-49-26/h1-8,11,15-20,33-35,38-39H,9-10,12-14,41-43H2,(H,44,47)(H,45,48)(H,46,49)(H,50,53)/t33-,34-,35-,38?,39?/m1/s1. The summed E-state index contributed by atoms with van der Waals surface area (Å²) in [7, 11) is 0. The third-order valence-electron chi connectivity index (χ3n) is 10.4. The molecule has 0 spiro atoms. The molecule has 3 aromatic heterocycles. The molecule has 13 nitrogen and oxygen atoms in total. The van der Waals surface area contributed by atoms with Gasteiger partial charge in [0.15, 0.2) is 11.6 Å². The Hall–Kier alpha value is -6.02. The highest BCUT2D eigenvalue weighted by Gasteiger charge is 2.42. The van der Waals surface area contributed by atoms with Crippen LogP contribution in [-0.2, 0) is 46.5 Å². The van der Waals surface area contributed by atoms with Crippen molar-refractivity contribution in [2.75, 3.05) is 5.32 Å². The molecule has 0 saturated heterocycles. The smallest absolute Gasteiger partial charge is 0.241 e. The van der Waals surface area contributed by atoms with Gasteiger partial charge in [-0.1, -0.05) is 42.5 Å². The predicted octanol–water partition coefficient (Wildman–Crippen LogP) is 2.71. The second kappa shape index (κ2) is 14.2. The normalized spacial score (nSPS) is 17.0. The minimum atomic E-state index is -0.774. The number of benzene rings is 3. The molecule has 10 N–H and O–H groups in total. The number of rotatable bonds is 14. The van der Waals surface area contributed by atoms with Gasteiger partial charge in [-0.05, 0) is 56.6 Å². The lowest BCUT2D eigenvalue weighted by Gasteiger charge is -2.43. The van der Waals surface area contributed by atoms with Crippen LogP contribution in [0.15, 0.2) is 92.2 Å². The van der Waals surface area contributed by atoms with E-state index in [1.165, 1.54) is 0 Å². The summed E-state index contributed by atoms with van der Waals surface area (Å²) in [6.07, 6.45) is 11.2. The molecule has 1 amide bonds. The predicted molar refractivity (Wildman–Crippen MR) is 198 cm³/mol. The number of carbonyl (C=O) groups is 3. The van der Waals surface area contributed by atoms with Gasteiger partial charge in [-0.2, -0.15) is 0 Å². The molecule has 3 aliphatic rings. The lowest BCUT2D eigenvalue weighted by Crippen LogP contribution is -2.37. The number of H-pyrrole nitrogens is 3. The average molecular weight is 709 g/mol. The lowest BCUT2D eigenvalue weighted by molar-refractivity contribution is -0.120. The van der Waals surface area contributed by atoms with Crippen LogP contribution < -0.4 is 22.5 Å². The van der Waals surface area contributed by atoms with Crippen molar-refractivity contribution in [3.63, 3.8) is 0 Å². The summed E-state index contributed by atoms with van der Waals surface area (Å²) >= 11 is 0. The van der Waals surface area contributed by atoms with E-state index in [0.717, 1.165) is 61.6 Å². The van der Waals surface area contributed by atoms with E-state index in [1.54, 1.807) is 37.6 Å². The molecule has 6 aromatic rings. The lowest BCUT2D eigenvalue weighted by atomic mass is 9.60. The second-order valence-electron chi connectivity index (χ2n) is 14.1. The van der Waals surface area contributed by atoms with Crippen LogP contribution in [0.5, 0.6) is 0 Å². The van der Waals surface area contributed by atoms with Gasteiger partial charge in [-0.3, -0.25) is 14.4 Å². The van der Waals surface area contributed by atoms with Gasteiger partial charge < -0.3 is 37.5 Å². The summed E-state index contributed by atoms with van der Waals surface area (Å²) in [6.45, 7) is 0. The van der Waals surface area contributed by atoms with Gasteiger partial charge >= 0.3 is 0 Å². The molecule has 53 heavy (non-hydrogen) atoms. The molecular formula is C40H40N10O3. The van der Waals surface area contributed by atoms with E-state index in [1.807, 2.05) is 24.3 Å². The molecule has 9 rings (SSSR count). The van der Waals surface area contributed by atoms with Gasteiger partial charge in [-0.25, -0.2) is 15.0 Å². The molecule has 0 unspecified atom stereocenters. The molecular weight excluding hydrogens is 669 g/mol. The molecule has 3 heterocycles. The molecule has 0 saturated carbocycles. The SMILES string of the molecule is N[C@H](Cc1cnc[nH]1)C(=O)Cc1ccc2c(c1)C1c3cc(CC(=O)[C@H](N)Cc4cnc[nH]4)ccc3C2c2ccc(NC(=O)[C@H](N)Cc3cnc[nH]3)cc21. The van der Waals surface area contributed by atoms with E-state index in [2.05, 4.69) is 65.6 Å². The van der Waals surface area contributed by atoms with Crippen molar-refractivity contribution in [1.29, 1.82) is 0 Å². The van der Waals surface area contributed by atoms with Crippen LogP contribution in [0.25, 0.3) is 0 Å². The molecule has 3 aliphatic carbocycles. The monoisotopic (exact) mass is 708 g/mol. The molecule has 0 aliphatic heterocycles. The Morgan fingerprint density at radius 1 is 0.566 bits per heavy atom. The van der Waals surface area contributed by atoms with E-state index in [9.17, 15) is 14.4 Å². The summed E-state index contributed by atoms with van der Waals surface area (Å²) in [5, 5.41) is 3.02. The van der Waals surface area contributed by atoms with Crippen molar-refractivity contribution in [1.82, 2.24) is 29.9 Å². The maximum atomic E-state index is 13.3. The number of Topliss-reactive ketones (excluding diaryl/α,β-unsaturated/α-hetero) is 2. The Morgan fingerprint density at radius 2 is 0.981 bits per heavy atom.